The lowest BCUT2D eigenvalue weighted by atomic mass is 10.1. The molecule has 1 rings (SSSR count). The molecular formula is C16H32N6. The van der Waals surface area contributed by atoms with Crippen molar-refractivity contribution in [3.05, 3.63) is 12.2 Å². The second kappa shape index (κ2) is 10.2. The van der Waals surface area contributed by atoms with Gasteiger partial charge < -0.3 is 15.2 Å². The Hall–Kier alpha value is -1.59. The Morgan fingerprint density at radius 3 is 2.55 bits per heavy atom. The maximum atomic E-state index is 4.64. The molecule has 2 N–H and O–H groups in total. The van der Waals surface area contributed by atoms with Crippen LogP contribution in [0.15, 0.2) is 11.3 Å². The summed E-state index contributed by atoms with van der Waals surface area (Å²) in [7, 11) is 0. The molecule has 6 nitrogen and oxygen atoms in total. The van der Waals surface area contributed by atoms with Gasteiger partial charge in [-0.15, -0.1) is 10.2 Å². The van der Waals surface area contributed by atoms with Crippen molar-refractivity contribution in [1.29, 1.82) is 0 Å². The van der Waals surface area contributed by atoms with Gasteiger partial charge in [-0.3, -0.25) is 4.99 Å². The van der Waals surface area contributed by atoms with Gasteiger partial charge in [-0.05, 0) is 18.3 Å². The van der Waals surface area contributed by atoms with Crippen molar-refractivity contribution in [1.82, 2.24) is 25.4 Å². The molecule has 0 radical (unpaired) electrons. The molecule has 126 valence electrons. The zero-order valence-corrected chi connectivity index (χ0v) is 14.8. The number of aliphatic imine (C=N–C) groups is 1. The van der Waals surface area contributed by atoms with Crippen molar-refractivity contribution in [2.24, 2.45) is 16.8 Å². The van der Waals surface area contributed by atoms with E-state index in [2.05, 4.69) is 65.0 Å². The number of hydrogen-bond donors (Lipinski definition) is 2. The van der Waals surface area contributed by atoms with Gasteiger partial charge in [-0.25, -0.2) is 0 Å². The maximum absolute atomic E-state index is 4.64. The van der Waals surface area contributed by atoms with Crippen LogP contribution < -0.4 is 10.6 Å². The molecule has 0 unspecified atom stereocenters. The number of aromatic nitrogens is 3. The van der Waals surface area contributed by atoms with Crippen LogP contribution in [0.5, 0.6) is 0 Å². The molecule has 0 bridgehead atoms. The monoisotopic (exact) mass is 308 g/mol. The van der Waals surface area contributed by atoms with E-state index < -0.39 is 0 Å². The molecule has 1 aromatic rings. The van der Waals surface area contributed by atoms with Gasteiger partial charge in [-0.2, -0.15) is 0 Å². The summed E-state index contributed by atoms with van der Waals surface area (Å²) < 4.78 is 2.08. The van der Waals surface area contributed by atoms with E-state index in [-0.39, 0.29) is 0 Å². The van der Waals surface area contributed by atoms with Crippen molar-refractivity contribution in [2.75, 3.05) is 19.6 Å². The average molecular weight is 308 g/mol. The largest absolute Gasteiger partial charge is 0.356 e. The molecule has 0 aliphatic carbocycles. The van der Waals surface area contributed by atoms with Crippen molar-refractivity contribution < 1.29 is 0 Å². The summed E-state index contributed by atoms with van der Waals surface area (Å²) in [5.74, 6) is 3.19. The topological polar surface area (TPSA) is 67.1 Å². The van der Waals surface area contributed by atoms with Crippen LogP contribution in [0.3, 0.4) is 0 Å². The minimum absolute atomic E-state index is 0.563. The van der Waals surface area contributed by atoms with Crippen LogP contribution in [0, 0.1) is 11.8 Å². The average Bonchev–Trinajstić information content (AvgIpc) is 2.91. The van der Waals surface area contributed by atoms with Gasteiger partial charge in [0.15, 0.2) is 5.96 Å². The molecule has 6 heteroatoms. The third kappa shape index (κ3) is 7.43. The zero-order chi connectivity index (χ0) is 16.4. The van der Waals surface area contributed by atoms with Crippen LogP contribution in [0.4, 0.5) is 0 Å². The van der Waals surface area contributed by atoms with E-state index in [9.17, 15) is 0 Å². The van der Waals surface area contributed by atoms with E-state index in [1.807, 2.05) is 0 Å². The number of guanidine groups is 1. The molecular weight excluding hydrogens is 276 g/mol. The molecule has 22 heavy (non-hydrogen) atoms. The first-order chi connectivity index (χ1) is 10.5. The Bertz CT molecular complexity index is 436. The van der Waals surface area contributed by atoms with Crippen LogP contribution in [0.25, 0.3) is 0 Å². The van der Waals surface area contributed by atoms with E-state index in [0.29, 0.717) is 11.8 Å². The first-order valence-corrected chi connectivity index (χ1v) is 8.41. The summed E-state index contributed by atoms with van der Waals surface area (Å²) in [5.41, 5.74) is 0. The molecule has 1 aromatic heterocycles. The van der Waals surface area contributed by atoms with Crippen LogP contribution in [0.1, 0.15) is 46.9 Å². The molecule has 0 saturated carbocycles. The van der Waals surface area contributed by atoms with E-state index in [1.165, 1.54) is 0 Å². The molecule has 0 spiro atoms. The number of nitrogens with one attached hydrogen (secondary N) is 2. The maximum Gasteiger partial charge on any atom is 0.191 e. The molecule has 0 aliphatic heterocycles. The van der Waals surface area contributed by atoms with Gasteiger partial charge >= 0.3 is 0 Å². The SMILES string of the molecule is CCc1nncn1CCNC(=NCC(C)C)NCCC(C)C. The summed E-state index contributed by atoms with van der Waals surface area (Å²) in [5, 5.41) is 14.9. The van der Waals surface area contributed by atoms with Crippen molar-refractivity contribution in [3.8, 4) is 0 Å². The lowest BCUT2D eigenvalue weighted by Gasteiger charge is -2.14. The van der Waals surface area contributed by atoms with Crippen molar-refractivity contribution in [3.63, 3.8) is 0 Å². The first kappa shape index (κ1) is 18.5. The van der Waals surface area contributed by atoms with Gasteiger partial charge in [0.05, 0.1) is 0 Å². The molecule has 0 aromatic carbocycles. The number of nitrogens with zero attached hydrogens (tertiary/aromatic N) is 4. The number of aryl methyl sites for hydroxylation is 1. The standard InChI is InChI=1S/C16H32N6/c1-6-15-21-20-12-22(15)10-9-18-16(19-11-14(4)5)17-8-7-13(2)3/h12-14H,6-11H2,1-5H3,(H2,17,18,19). The third-order valence-corrected chi connectivity index (χ3v) is 3.29. The van der Waals surface area contributed by atoms with Crippen LogP contribution in [0.2, 0.25) is 0 Å². The summed E-state index contributed by atoms with van der Waals surface area (Å²) in [6.07, 6.45) is 3.84. The second-order valence-corrected chi connectivity index (χ2v) is 6.41. The Labute approximate surface area is 134 Å². The third-order valence-electron chi connectivity index (χ3n) is 3.29. The van der Waals surface area contributed by atoms with Crippen LogP contribution in [-0.2, 0) is 13.0 Å². The fourth-order valence-corrected chi connectivity index (χ4v) is 1.96. The number of hydrogen-bond acceptors (Lipinski definition) is 3. The van der Waals surface area contributed by atoms with E-state index in [1.54, 1.807) is 6.33 Å². The molecule has 0 aliphatic rings. The second-order valence-electron chi connectivity index (χ2n) is 6.41. The minimum atomic E-state index is 0.563. The predicted molar refractivity (Wildman–Crippen MR) is 92.0 cm³/mol. The van der Waals surface area contributed by atoms with Gasteiger partial charge in [0, 0.05) is 32.6 Å². The smallest absolute Gasteiger partial charge is 0.191 e. The zero-order valence-electron chi connectivity index (χ0n) is 14.8. The molecule has 0 amide bonds. The minimum Gasteiger partial charge on any atom is -0.356 e. The van der Waals surface area contributed by atoms with Gasteiger partial charge in [0.1, 0.15) is 12.2 Å². The number of rotatable bonds is 9. The highest BCUT2D eigenvalue weighted by molar-refractivity contribution is 5.79. The molecule has 0 fully saturated rings. The summed E-state index contributed by atoms with van der Waals surface area (Å²) in [6, 6.07) is 0. The predicted octanol–water partition coefficient (Wildman–Crippen LogP) is 2.08. The van der Waals surface area contributed by atoms with Crippen molar-refractivity contribution in [2.45, 2.75) is 54.0 Å². The summed E-state index contributed by atoms with van der Waals surface area (Å²) >= 11 is 0. The highest BCUT2D eigenvalue weighted by Crippen LogP contribution is 1.97. The molecule has 0 atom stereocenters. The molecule has 1 heterocycles. The van der Waals surface area contributed by atoms with Crippen LogP contribution in [-0.4, -0.2) is 40.4 Å². The summed E-state index contributed by atoms with van der Waals surface area (Å²) in [4.78, 5) is 4.64. The fourth-order valence-electron chi connectivity index (χ4n) is 1.96. The van der Waals surface area contributed by atoms with E-state index in [0.717, 1.165) is 50.8 Å². The lowest BCUT2D eigenvalue weighted by molar-refractivity contribution is 0.567. The van der Waals surface area contributed by atoms with E-state index >= 15 is 0 Å². The fraction of sp³-hybridized carbons (Fsp3) is 0.812. The summed E-state index contributed by atoms with van der Waals surface area (Å²) in [6.45, 7) is 14.4. The molecule has 0 saturated heterocycles. The van der Waals surface area contributed by atoms with Crippen LogP contribution >= 0.6 is 0 Å². The van der Waals surface area contributed by atoms with E-state index in [4.69, 9.17) is 0 Å². The Balaban J connectivity index is 2.44. The first-order valence-electron chi connectivity index (χ1n) is 8.41. The Morgan fingerprint density at radius 1 is 1.18 bits per heavy atom. The lowest BCUT2D eigenvalue weighted by Crippen LogP contribution is -2.40. The normalized spacial score (nSPS) is 12.2. The quantitative estimate of drug-likeness (QED) is 0.541. The highest BCUT2D eigenvalue weighted by Gasteiger charge is 2.03. The van der Waals surface area contributed by atoms with Gasteiger partial charge in [0.25, 0.3) is 0 Å². The Morgan fingerprint density at radius 2 is 1.91 bits per heavy atom. The van der Waals surface area contributed by atoms with Gasteiger partial charge in [-0.1, -0.05) is 34.6 Å². The van der Waals surface area contributed by atoms with Crippen molar-refractivity contribution >= 4 is 5.96 Å². The van der Waals surface area contributed by atoms with Gasteiger partial charge in [0.2, 0.25) is 0 Å². The highest BCUT2D eigenvalue weighted by atomic mass is 15.3. The Kier molecular flexibility index (Phi) is 8.55.